The van der Waals surface area contributed by atoms with Gasteiger partial charge in [0.25, 0.3) is 0 Å². The van der Waals surface area contributed by atoms with Crippen LogP contribution in [-0.4, -0.2) is 47.8 Å². The maximum atomic E-state index is 4.21. The van der Waals surface area contributed by atoms with Crippen LogP contribution in [0, 0.1) is 17.8 Å². The van der Waals surface area contributed by atoms with Crippen molar-refractivity contribution >= 4 is 16.5 Å². The quantitative estimate of drug-likeness (QED) is 0.832. The Morgan fingerprint density at radius 2 is 2.06 bits per heavy atom. The maximum Gasteiger partial charge on any atom is 0.208 e. The number of aromatic nitrogens is 2. The van der Waals surface area contributed by atoms with E-state index in [4.69, 9.17) is 0 Å². The van der Waals surface area contributed by atoms with Crippen LogP contribution in [0.25, 0.3) is 0 Å². The molecule has 5 heteroatoms. The molecule has 1 aromatic heterocycles. The number of fused-ring (bicyclic) bond motifs is 1. The molecule has 4 nitrogen and oxygen atoms in total. The Labute approximate surface area is 112 Å². The lowest BCUT2D eigenvalue weighted by atomic mass is 9.88. The van der Waals surface area contributed by atoms with Crippen molar-refractivity contribution in [2.75, 3.05) is 37.6 Å². The third-order valence-electron chi connectivity index (χ3n) is 4.72. The van der Waals surface area contributed by atoms with Crippen LogP contribution in [0.15, 0.2) is 5.51 Å². The SMILES string of the molecule is c1nnc(N2C[C@H]3CN(CC4CC4)CC[C@H]3C2)s1. The Morgan fingerprint density at radius 1 is 1.17 bits per heavy atom. The topological polar surface area (TPSA) is 32.3 Å². The van der Waals surface area contributed by atoms with Gasteiger partial charge in [0.1, 0.15) is 5.51 Å². The molecule has 3 fully saturated rings. The minimum absolute atomic E-state index is 0.862. The number of nitrogens with zero attached hydrogens (tertiary/aromatic N) is 4. The number of anilines is 1. The summed E-state index contributed by atoms with van der Waals surface area (Å²) in [7, 11) is 0. The number of piperidine rings is 1. The molecular formula is C13H20N4S. The molecule has 3 heterocycles. The second-order valence-electron chi connectivity index (χ2n) is 6.14. The van der Waals surface area contributed by atoms with E-state index < -0.39 is 0 Å². The highest BCUT2D eigenvalue weighted by molar-refractivity contribution is 7.13. The first-order valence-electron chi connectivity index (χ1n) is 7.12. The van der Waals surface area contributed by atoms with E-state index in [2.05, 4.69) is 20.0 Å². The molecule has 0 amide bonds. The molecule has 0 aromatic carbocycles. The fourth-order valence-electron chi connectivity index (χ4n) is 3.54. The minimum Gasteiger partial charge on any atom is -0.346 e. The fourth-order valence-corrected chi connectivity index (χ4v) is 4.12. The molecule has 2 atom stereocenters. The summed E-state index contributed by atoms with van der Waals surface area (Å²) in [4.78, 5) is 5.16. The Morgan fingerprint density at radius 3 is 2.83 bits per heavy atom. The molecule has 0 N–H and O–H groups in total. The number of hydrogen-bond acceptors (Lipinski definition) is 5. The van der Waals surface area contributed by atoms with E-state index in [9.17, 15) is 0 Å². The average molecular weight is 264 g/mol. The summed E-state index contributed by atoms with van der Waals surface area (Å²) in [5, 5.41) is 9.30. The van der Waals surface area contributed by atoms with Crippen LogP contribution in [0.1, 0.15) is 19.3 Å². The standard InChI is InChI=1S/C13H20N4S/c1-2-10(1)5-16-4-3-11-7-17(8-12(11)6-16)13-15-14-9-18-13/h9-12H,1-8H2/t11-,12+/m0/s1. The van der Waals surface area contributed by atoms with Crippen molar-refractivity contribution in [2.45, 2.75) is 19.3 Å². The highest BCUT2D eigenvalue weighted by atomic mass is 32.1. The van der Waals surface area contributed by atoms with Crippen molar-refractivity contribution in [1.82, 2.24) is 15.1 Å². The normalized spacial score (nSPS) is 32.8. The lowest BCUT2D eigenvalue weighted by Crippen LogP contribution is -2.40. The maximum absolute atomic E-state index is 4.21. The molecule has 1 aliphatic carbocycles. The zero-order chi connectivity index (χ0) is 11.9. The zero-order valence-corrected chi connectivity index (χ0v) is 11.5. The summed E-state index contributed by atoms with van der Waals surface area (Å²) < 4.78 is 0. The molecule has 1 aromatic rings. The van der Waals surface area contributed by atoms with Gasteiger partial charge in [0.15, 0.2) is 0 Å². The summed E-state index contributed by atoms with van der Waals surface area (Å²) in [6.07, 6.45) is 4.33. The van der Waals surface area contributed by atoms with E-state index in [0.29, 0.717) is 0 Å². The molecule has 4 rings (SSSR count). The van der Waals surface area contributed by atoms with Crippen molar-refractivity contribution < 1.29 is 0 Å². The molecule has 0 unspecified atom stereocenters. The van der Waals surface area contributed by atoms with Crippen molar-refractivity contribution in [3.05, 3.63) is 5.51 Å². The average Bonchev–Trinajstić information content (AvgIpc) is 2.92. The predicted molar refractivity (Wildman–Crippen MR) is 72.9 cm³/mol. The van der Waals surface area contributed by atoms with Gasteiger partial charge in [0.2, 0.25) is 5.13 Å². The molecule has 18 heavy (non-hydrogen) atoms. The number of likely N-dealkylation sites (tertiary alicyclic amines) is 1. The molecule has 0 spiro atoms. The lowest BCUT2D eigenvalue weighted by Gasteiger charge is -2.34. The van der Waals surface area contributed by atoms with Gasteiger partial charge in [-0.2, -0.15) is 0 Å². The minimum atomic E-state index is 0.862. The van der Waals surface area contributed by atoms with Gasteiger partial charge < -0.3 is 9.80 Å². The Kier molecular flexibility index (Phi) is 2.77. The summed E-state index contributed by atoms with van der Waals surface area (Å²) in [5.74, 6) is 2.79. The molecule has 2 saturated heterocycles. The van der Waals surface area contributed by atoms with Crippen molar-refractivity contribution in [3.63, 3.8) is 0 Å². The third kappa shape index (κ3) is 2.14. The monoisotopic (exact) mass is 264 g/mol. The fraction of sp³-hybridized carbons (Fsp3) is 0.846. The highest BCUT2D eigenvalue weighted by Gasteiger charge is 2.38. The Hall–Kier alpha value is -0.680. The van der Waals surface area contributed by atoms with Gasteiger partial charge in [-0.3, -0.25) is 0 Å². The van der Waals surface area contributed by atoms with E-state index in [1.807, 2.05) is 5.51 Å². The van der Waals surface area contributed by atoms with Gasteiger partial charge in [-0.15, -0.1) is 10.2 Å². The van der Waals surface area contributed by atoms with Crippen LogP contribution in [0.5, 0.6) is 0 Å². The molecule has 2 aliphatic heterocycles. The van der Waals surface area contributed by atoms with Crippen LogP contribution in [0.3, 0.4) is 0 Å². The highest BCUT2D eigenvalue weighted by Crippen LogP contribution is 2.36. The first-order chi connectivity index (χ1) is 8.88. The summed E-state index contributed by atoms with van der Waals surface area (Å²) in [6.45, 7) is 6.40. The number of hydrogen-bond donors (Lipinski definition) is 0. The van der Waals surface area contributed by atoms with E-state index in [1.165, 1.54) is 52.0 Å². The van der Waals surface area contributed by atoms with Gasteiger partial charge in [-0.1, -0.05) is 11.3 Å². The zero-order valence-electron chi connectivity index (χ0n) is 10.7. The van der Waals surface area contributed by atoms with Gasteiger partial charge in [-0.25, -0.2) is 0 Å². The molecular weight excluding hydrogens is 244 g/mol. The van der Waals surface area contributed by atoms with Crippen LogP contribution < -0.4 is 4.90 Å². The molecule has 0 radical (unpaired) electrons. The molecule has 98 valence electrons. The summed E-state index contributed by atoms with van der Waals surface area (Å²) >= 11 is 1.68. The first-order valence-corrected chi connectivity index (χ1v) is 8.00. The first kappa shape index (κ1) is 11.2. The smallest absolute Gasteiger partial charge is 0.208 e. The van der Waals surface area contributed by atoms with Crippen LogP contribution in [0.4, 0.5) is 5.13 Å². The summed E-state index contributed by atoms with van der Waals surface area (Å²) in [5.41, 5.74) is 1.84. The number of rotatable bonds is 3. The lowest BCUT2D eigenvalue weighted by molar-refractivity contribution is 0.143. The van der Waals surface area contributed by atoms with Crippen molar-refractivity contribution in [1.29, 1.82) is 0 Å². The van der Waals surface area contributed by atoms with Gasteiger partial charge in [0, 0.05) is 26.2 Å². The third-order valence-corrected chi connectivity index (χ3v) is 5.47. The van der Waals surface area contributed by atoms with Crippen LogP contribution in [-0.2, 0) is 0 Å². The van der Waals surface area contributed by atoms with E-state index in [-0.39, 0.29) is 0 Å². The molecule has 1 saturated carbocycles. The largest absolute Gasteiger partial charge is 0.346 e. The van der Waals surface area contributed by atoms with Crippen LogP contribution in [0.2, 0.25) is 0 Å². The Balaban J connectivity index is 1.39. The van der Waals surface area contributed by atoms with Crippen LogP contribution >= 0.6 is 11.3 Å². The Bertz CT molecular complexity index is 403. The predicted octanol–water partition coefficient (Wildman–Crippen LogP) is 1.71. The molecule has 3 aliphatic rings. The summed E-state index contributed by atoms with van der Waals surface area (Å²) in [6, 6.07) is 0. The van der Waals surface area contributed by atoms with Crippen molar-refractivity contribution in [3.8, 4) is 0 Å². The second-order valence-corrected chi connectivity index (χ2v) is 6.95. The second kappa shape index (κ2) is 4.46. The van der Waals surface area contributed by atoms with E-state index >= 15 is 0 Å². The van der Waals surface area contributed by atoms with Gasteiger partial charge in [0.05, 0.1) is 0 Å². The van der Waals surface area contributed by atoms with E-state index in [0.717, 1.165) is 22.9 Å². The van der Waals surface area contributed by atoms with Crippen molar-refractivity contribution in [2.24, 2.45) is 17.8 Å². The van der Waals surface area contributed by atoms with E-state index in [1.54, 1.807) is 11.3 Å². The van der Waals surface area contributed by atoms with Gasteiger partial charge >= 0.3 is 0 Å². The molecule has 0 bridgehead atoms. The van der Waals surface area contributed by atoms with Gasteiger partial charge in [-0.05, 0) is 43.6 Å².